The van der Waals surface area contributed by atoms with Crippen molar-refractivity contribution in [1.82, 2.24) is 0 Å². The number of benzene rings is 1. The van der Waals surface area contributed by atoms with E-state index in [4.69, 9.17) is 5.11 Å². The fraction of sp³-hybridized carbons (Fsp3) is 0. The Labute approximate surface area is 68.2 Å². The van der Waals surface area contributed by atoms with Crippen LogP contribution in [0.1, 0.15) is 10.4 Å². The Kier molecular flexibility index (Phi) is 2.35. The van der Waals surface area contributed by atoms with Gasteiger partial charge in [-0.1, -0.05) is 12.1 Å². The monoisotopic (exact) mass is 163 g/mol. The molecule has 0 aliphatic rings. The van der Waals surface area contributed by atoms with Gasteiger partial charge in [0.2, 0.25) is 6.08 Å². The molecule has 1 aromatic rings. The van der Waals surface area contributed by atoms with E-state index in [1.165, 1.54) is 12.1 Å². The van der Waals surface area contributed by atoms with Crippen molar-refractivity contribution in [3.8, 4) is 5.75 Å². The Hall–Kier alpha value is -1.93. The van der Waals surface area contributed by atoms with Crippen molar-refractivity contribution in [1.29, 1.82) is 0 Å². The molecule has 0 aliphatic heterocycles. The predicted octanol–water partition coefficient (Wildman–Crippen LogP) is 0.868. The minimum absolute atomic E-state index is 0.000787. The van der Waals surface area contributed by atoms with Gasteiger partial charge in [0, 0.05) is 0 Å². The van der Waals surface area contributed by atoms with Gasteiger partial charge in [0.15, 0.2) is 0 Å². The van der Waals surface area contributed by atoms with Gasteiger partial charge < -0.3 is 5.11 Å². The van der Waals surface area contributed by atoms with E-state index in [1.807, 2.05) is 0 Å². The van der Waals surface area contributed by atoms with E-state index < -0.39 is 5.91 Å². The van der Waals surface area contributed by atoms with E-state index in [1.54, 1.807) is 12.1 Å². The first-order valence-corrected chi connectivity index (χ1v) is 3.16. The molecule has 4 heteroatoms. The number of rotatable bonds is 1. The summed E-state index contributed by atoms with van der Waals surface area (Å²) < 4.78 is 0. The third kappa shape index (κ3) is 1.56. The topological polar surface area (TPSA) is 66.7 Å². The van der Waals surface area contributed by atoms with Crippen LogP contribution in [-0.4, -0.2) is 17.1 Å². The Morgan fingerprint density at radius 1 is 1.42 bits per heavy atom. The van der Waals surface area contributed by atoms with Gasteiger partial charge in [-0.25, -0.2) is 4.79 Å². The molecule has 0 saturated carbocycles. The highest BCUT2D eigenvalue weighted by molar-refractivity contribution is 5.99. The quantitative estimate of drug-likeness (QED) is 0.493. The van der Waals surface area contributed by atoms with Crippen molar-refractivity contribution in [2.75, 3.05) is 0 Å². The first kappa shape index (κ1) is 8.17. The van der Waals surface area contributed by atoms with Crippen LogP contribution in [0, 0.1) is 0 Å². The molecule has 0 spiro atoms. The van der Waals surface area contributed by atoms with Crippen LogP contribution < -0.4 is 0 Å². The maximum Gasteiger partial charge on any atom is 0.291 e. The summed E-state index contributed by atoms with van der Waals surface area (Å²) in [6.07, 6.45) is 1.11. The minimum atomic E-state index is -0.789. The standard InChI is InChI=1S/C8H5NO3/c10-5-9-8(12)6-3-1-2-4-7(6)11/h1-4,11H. The van der Waals surface area contributed by atoms with Crippen molar-refractivity contribution in [2.24, 2.45) is 4.99 Å². The number of phenolic OH excluding ortho intramolecular Hbond substituents is 1. The lowest BCUT2D eigenvalue weighted by molar-refractivity contribution is 0.100. The largest absolute Gasteiger partial charge is 0.507 e. The van der Waals surface area contributed by atoms with Crippen molar-refractivity contribution in [3.05, 3.63) is 29.8 Å². The molecule has 0 heterocycles. The second kappa shape index (κ2) is 3.46. The molecule has 60 valence electrons. The second-order valence-electron chi connectivity index (χ2n) is 2.03. The van der Waals surface area contributed by atoms with Crippen LogP contribution in [0.25, 0.3) is 0 Å². The lowest BCUT2D eigenvalue weighted by Crippen LogP contribution is -1.93. The van der Waals surface area contributed by atoms with Crippen molar-refractivity contribution in [2.45, 2.75) is 0 Å². The smallest absolute Gasteiger partial charge is 0.291 e. The van der Waals surface area contributed by atoms with Crippen LogP contribution in [-0.2, 0) is 4.79 Å². The number of amides is 1. The van der Waals surface area contributed by atoms with Crippen molar-refractivity contribution >= 4 is 12.0 Å². The number of isocyanates is 1. The van der Waals surface area contributed by atoms with E-state index in [0.29, 0.717) is 0 Å². The molecule has 1 N–H and O–H groups in total. The molecule has 1 aromatic carbocycles. The average molecular weight is 163 g/mol. The SMILES string of the molecule is O=C=NC(=O)c1ccccc1O. The van der Waals surface area contributed by atoms with Gasteiger partial charge in [-0.15, -0.1) is 4.99 Å². The first-order chi connectivity index (χ1) is 5.75. The highest BCUT2D eigenvalue weighted by Crippen LogP contribution is 2.15. The van der Waals surface area contributed by atoms with E-state index in [2.05, 4.69) is 4.99 Å². The van der Waals surface area contributed by atoms with Crippen LogP contribution >= 0.6 is 0 Å². The number of carbonyl (C=O) groups excluding carboxylic acids is 2. The van der Waals surface area contributed by atoms with Gasteiger partial charge in [-0.3, -0.25) is 4.79 Å². The van der Waals surface area contributed by atoms with Crippen LogP contribution in [0.15, 0.2) is 29.3 Å². The lowest BCUT2D eigenvalue weighted by atomic mass is 10.2. The van der Waals surface area contributed by atoms with Crippen LogP contribution in [0.4, 0.5) is 0 Å². The van der Waals surface area contributed by atoms with E-state index in [9.17, 15) is 9.59 Å². The third-order valence-electron chi connectivity index (χ3n) is 1.28. The second-order valence-corrected chi connectivity index (χ2v) is 2.03. The molecule has 0 fully saturated rings. The third-order valence-corrected chi connectivity index (χ3v) is 1.28. The number of para-hydroxylation sites is 1. The number of aromatic hydroxyl groups is 1. The molecule has 1 amide bonds. The van der Waals surface area contributed by atoms with Gasteiger partial charge in [-0.2, -0.15) is 0 Å². The van der Waals surface area contributed by atoms with E-state index in [0.717, 1.165) is 6.08 Å². The highest BCUT2D eigenvalue weighted by Gasteiger charge is 2.07. The van der Waals surface area contributed by atoms with Gasteiger partial charge in [0.1, 0.15) is 5.75 Å². The molecular formula is C8H5NO3. The normalized spacial score (nSPS) is 8.67. The molecule has 0 aliphatic carbocycles. The first-order valence-electron chi connectivity index (χ1n) is 3.16. The minimum Gasteiger partial charge on any atom is -0.507 e. The predicted molar refractivity (Wildman–Crippen MR) is 40.6 cm³/mol. The average Bonchev–Trinajstić information content (AvgIpc) is 2.05. The van der Waals surface area contributed by atoms with Gasteiger partial charge in [0.05, 0.1) is 5.56 Å². The zero-order valence-corrected chi connectivity index (χ0v) is 6.02. The molecule has 0 unspecified atom stereocenters. The molecule has 0 radical (unpaired) electrons. The van der Waals surface area contributed by atoms with E-state index >= 15 is 0 Å². The summed E-state index contributed by atoms with van der Waals surface area (Å²) in [4.78, 5) is 23.4. The van der Waals surface area contributed by atoms with Crippen LogP contribution in [0.2, 0.25) is 0 Å². The summed E-state index contributed by atoms with van der Waals surface area (Å²) in [5.74, 6) is -0.982. The molecule has 0 atom stereocenters. The van der Waals surface area contributed by atoms with E-state index in [-0.39, 0.29) is 11.3 Å². The number of hydrogen-bond acceptors (Lipinski definition) is 3. The summed E-state index contributed by atoms with van der Waals surface area (Å²) in [7, 11) is 0. The van der Waals surface area contributed by atoms with Crippen molar-refractivity contribution in [3.63, 3.8) is 0 Å². The number of aliphatic imine (C=N–C) groups is 1. The Bertz CT molecular complexity index is 353. The number of nitrogens with zero attached hydrogens (tertiary/aromatic N) is 1. The fourth-order valence-corrected chi connectivity index (χ4v) is 0.756. The zero-order valence-electron chi connectivity index (χ0n) is 6.02. The maximum absolute atomic E-state index is 10.9. The summed E-state index contributed by atoms with van der Waals surface area (Å²) in [5, 5.41) is 9.10. The molecule has 0 aromatic heterocycles. The number of carbonyl (C=O) groups is 1. The van der Waals surface area contributed by atoms with Crippen molar-refractivity contribution < 1.29 is 14.7 Å². The highest BCUT2D eigenvalue weighted by atomic mass is 16.3. The summed E-state index contributed by atoms with van der Waals surface area (Å²) in [5.41, 5.74) is 0.000787. The molecule has 1 rings (SSSR count). The summed E-state index contributed by atoms with van der Waals surface area (Å²) >= 11 is 0. The molecule has 12 heavy (non-hydrogen) atoms. The molecule has 0 bridgehead atoms. The van der Waals surface area contributed by atoms with Gasteiger partial charge in [0.25, 0.3) is 5.91 Å². The van der Waals surface area contributed by atoms with Gasteiger partial charge >= 0.3 is 0 Å². The van der Waals surface area contributed by atoms with Crippen LogP contribution in [0.3, 0.4) is 0 Å². The Morgan fingerprint density at radius 3 is 2.67 bits per heavy atom. The summed E-state index contributed by atoms with van der Waals surface area (Å²) in [6.45, 7) is 0. The Morgan fingerprint density at radius 2 is 2.08 bits per heavy atom. The molecular weight excluding hydrogens is 158 g/mol. The fourth-order valence-electron chi connectivity index (χ4n) is 0.756. The number of phenols is 1. The van der Waals surface area contributed by atoms with Crippen LogP contribution in [0.5, 0.6) is 5.75 Å². The molecule has 4 nitrogen and oxygen atoms in total. The maximum atomic E-state index is 10.9. The summed E-state index contributed by atoms with van der Waals surface area (Å²) in [6, 6.07) is 5.84. The number of hydrogen-bond donors (Lipinski definition) is 1. The lowest BCUT2D eigenvalue weighted by Gasteiger charge is -1.95. The Balaban J connectivity index is 3.11. The zero-order chi connectivity index (χ0) is 8.97. The van der Waals surface area contributed by atoms with Gasteiger partial charge in [-0.05, 0) is 12.1 Å². The molecule has 0 saturated heterocycles.